The van der Waals surface area contributed by atoms with Crippen LogP contribution in [0.4, 0.5) is 0 Å². The summed E-state index contributed by atoms with van der Waals surface area (Å²) < 4.78 is 5.93. The third-order valence-electron chi connectivity index (χ3n) is 3.38. The van der Waals surface area contributed by atoms with Crippen molar-refractivity contribution in [3.05, 3.63) is 59.2 Å². The molecule has 0 aliphatic heterocycles. The maximum absolute atomic E-state index is 9.20. The van der Waals surface area contributed by atoms with E-state index in [9.17, 15) is 5.26 Å². The van der Waals surface area contributed by atoms with Gasteiger partial charge in [-0.05, 0) is 38.1 Å². The molecule has 0 saturated heterocycles. The van der Waals surface area contributed by atoms with Crippen molar-refractivity contribution >= 4 is 11.0 Å². The second-order valence-corrected chi connectivity index (χ2v) is 4.71. The highest BCUT2D eigenvalue weighted by molar-refractivity contribution is 5.89. The Labute approximate surface area is 111 Å². The third-order valence-corrected chi connectivity index (χ3v) is 3.38. The second kappa shape index (κ2) is 4.29. The minimum Gasteiger partial charge on any atom is -0.456 e. The average molecular weight is 247 g/mol. The Morgan fingerprint density at radius 3 is 2.63 bits per heavy atom. The minimum atomic E-state index is 0.640. The lowest BCUT2D eigenvalue weighted by atomic mass is 10.0. The molecule has 92 valence electrons. The van der Waals surface area contributed by atoms with Crippen LogP contribution >= 0.6 is 0 Å². The van der Waals surface area contributed by atoms with Crippen molar-refractivity contribution in [3.8, 4) is 17.4 Å². The van der Waals surface area contributed by atoms with Crippen molar-refractivity contribution in [2.24, 2.45) is 0 Å². The summed E-state index contributed by atoms with van der Waals surface area (Å²) in [6.45, 7) is 4.10. The first-order valence-corrected chi connectivity index (χ1v) is 6.20. The van der Waals surface area contributed by atoms with E-state index in [1.54, 1.807) is 0 Å². The maximum Gasteiger partial charge on any atom is 0.139 e. The van der Waals surface area contributed by atoms with Crippen molar-refractivity contribution in [2.75, 3.05) is 0 Å². The van der Waals surface area contributed by atoms with E-state index in [1.165, 1.54) is 5.56 Å². The van der Waals surface area contributed by atoms with Crippen LogP contribution in [-0.4, -0.2) is 0 Å². The van der Waals surface area contributed by atoms with Gasteiger partial charge in [0.2, 0.25) is 0 Å². The minimum absolute atomic E-state index is 0.640. The highest BCUT2D eigenvalue weighted by atomic mass is 16.3. The Kier molecular flexibility index (Phi) is 2.61. The highest BCUT2D eigenvalue weighted by Crippen LogP contribution is 2.34. The molecule has 1 heterocycles. The second-order valence-electron chi connectivity index (χ2n) is 4.71. The van der Waals surface area contributed by atoms with Crippen molar-refractivity contribution in [2.45, 2.75) is 13.8 Å². The monoisotopic (exact) mass is 247 g/mol. The first-order valence-electron chi connectivity index (χ1n) is 6.20. The molecule has 0 spiro atoms. The zero-order valence-corrected chi connectivity index (χ0v) is 10.9. The first-order chi connectivity index (χ1) is 9.20. The molecule has 2 aromatic carbocycles. The van der Waals surface area contributed by atoms with Crippen molar-refractivity contribution in [1.82, 2.24) is 0 Å². The van der Waals surface area contributed by atoms with Crippen LogP contribution in [-0.2, 0) is 0 Å². The summed E-state index contributed by atoms with van der Waals surface area (Å²) >= 11 is 0. The Hall–Kier alpha value is -2.53. The van der Waals surface area contributed by atoms with Gasteiger partial charge in [-0.15, -0.1) is 0 Å². The summed E-state index contributed by atoms with van der Waals surface area (Å²) in [5, 5.41) is 10.3. The molecule has 0 amide bonds. The summed E-state index contributed by atoms with van der Waals surface area (Å²) in [5.74, 6) is 0.790. The van der Waals surface area contributed by atoms with E-state index in [0.717, 1.165) is 27.9 Å². The molecule has 0 fully saturated rings. The lowest BCUT2D eigenvalue weighted by molar-refractivity contribution is 0.629. The molecule has 2 nitrogen and oxygen atoms in total. The van der Waals surface area contributed by atoms with Gasteiger partial charge in [-0.1, -0.05) is 23.8 Å². The van der Waals surface area contributed by atoms with Crippen LogP contribution in [0.15, 0.2) is 46.9 Å². The quantitative estimate of drug-likeness (QED) is 0.630. The van der Waals surface area contributed by atoms with Crippen LogP contribution < -0.4 is 0 Å². The number of nitriles is 1. The number of furan rings is 1. The Morgan fingerprint density at radius 1 is 1.05 bits per heavy atom. The fourth-order valence-corrected chi connectivity index (χ4v) is 2.37. The zero-order valence-electron chi connectivity index (χ0n) is 10.9. The number of hydrogen-bond acceptors (Lipinski definition) is 2. The van der Waals surface area contributed by atoms with Crippen molar-refractivity contribution in [1.29, 1.82) is 5.26 Å². The average Bonchev–Trinajstić information content (AvgIpc) is 2.76. The number of nitrogens with zero attached hydrogens (tertiary/aromatic N) is 1. The summed E-state index contributed by atoms with van der Waals surface area (Å²) in [4.78, 5) is 0. The molecular weight excluding hydrogens is 234 g/mol. The topological polar surface area (TPSA) is 36.9 Å². The van der Waals surface area contributed by atoms with E-state index in [-0.39, 0.29) is 0 Å². The molecule has 0 atom stereocenters. The van der Waals surface area contributed by atoms with Gasteiger partial charge >= 0.3 is 0 Å². The van der Waals surface area contributed by atoms with Gasteiger partial charge in [-0.3, -0.25) is 0 Å². The molecule has 0 saturated carbocycles. The molecule has 0 radical (unpaired) electrons. The molecule has 0 N–H and O–H groups in total. The van der Waals surface area contributed by atoms with Gasteiger partial charge in [-0.25, -0.2) is 0 Å². The van der Waals surface area contributed by atoms with E-state index in [2.05, 4.69) is 19.1 Å². The van der Waals surface area contributed by atoms with Gasteiger partial charge in [0.05, 0.1) is 11.6 Å². The number of fused-ring (bicyclic) bond motifs is 1. The molecular formula is C17H13NO. The van der Waals surface area contributed by atoms with Gasteiger partial charge < -0.3 is 4.42 Å². The zero-order chi connectivity index (χ0) is 13.4. The van der Waals surface area contributed by atoms with Gasteiger partial charge in [-0.2, -0.15) is 5.26 Å². The summed E-state index contributed by atoms with van der Waals surface area (Å²) in [6.07, 6.45) is 0. The van der Waals surface area contributed by atoms with E-state index in [4.69, 9.17) is 4.42 Å². The van der Waals surface area contributed by atoms with Crippen LogP contribution in [0.3, 0.4) is 0 Å². The fourth-order valence-electron chi connectivity index (χ4n) is 2.37. The molecule has 3 rings (SSSR count). The summed E-state index contributed by atoms with van der Waals surface area (Å²) in [6, 6.07) is 15.9. The van der Waals surface area contributed by atoms with Crippen LogP contribution in [0.2, 0.25) is 0 Å². The van der Waals surface area contributed by atoms with E-state index in [0.29, 0.717) is 5.56 Å². The predicted molar refractivity (Wildman–Crippen MR) is 75.8 cm³/mol. The SMILES string of the molecule is Cc1ccc2oc(-c3ccccc3C#N)c(C)c2c1. The lowest BCUT2D eigenvalue weighted by Crippen LogP contribution is -1.83. The largest absolute Gasteiger partial charge is 0.456 e. The van der Waals surface area contributed by atoms with Crippen LogP contribution in [0.1, 0.15) is 16.7 Å². The molecule has 0 aliphatic carbocycles. The third kappa shape index (κ3) is 1.80. The van der Waals surface area contributed by atoms with E-state index in [1.807, 2.05) is 43.3 Å². The predicted octanol–water partition coefficient (Wildman–Crippen LogP) is 4.59. The molecule has 19 heavy (non-hydrogen) atoms. The van der Waals surface area contributed by atoms with E-state index >= 15 is 0 Å². The normalized spacial score (nSPS) is 10.6. The van der Waals surface area contributed by atoms with E-state index < -0.39 is 0 Å². The van der Waals surface area contributed by atoms with Crippen LogP contribution in [0.5, 0.6) is 0 Å². The van der Waals surface area contributed by atoms with Crippen molar-refractivity contribution in [3.63, 3.8) is 0 Å². The Bertz CT molecular complexity index is 806. The molecule has 0 aliphatic rings. The van der Waals surface area contributed by atoms with Gasteiger partial charge in [0, 0.05) is 16.5 Å². The number of benzene rings is 2. The smallest absolute Gasteiger partial charge is 0.139 e. The first kappa shape index (κ1) is 11.6. The number of hydrogen-bond donors (Lipinski definition) is 0. The lowest BCUT2D eigenvalue weighted by Gasteiger charge is -2.00. The number of rotatable bonds is 1. The molecule has 2 heteroatoms. The van der Waals surface area contributed by atoms with Gasteiger partial charge in [0.1, 0.15) is 11.3 Å². The van der Waals surface area contributed by atoms with Gasteiger partial charge in [0.15, 0.2) is 0 Å². The summed E-state index contributed by atoms with van der Waals surface area (Å²) in [5.41, 5.74) is 4.65. The van der Waals surface area contributed by atoms with Crippen LogP contribution in [0, 0.1) is 25.2 Å². The Balaban J connectivity index is 2.32. The Morgan fingerprint density at radius 2 is 1.84 bits per heavy atom. The fraction of sp³-hybridized carbons (Fsp3) is 0.118. The molecule has 1 aromatic heterocycles. The summed E-state index contributed by atoms with van der Waals surface area (Å²) in [7, 11) is 0. The number of aryl methyl sites for hydroxylation is 2. The molecule has 0 unspecified atom stereocenters. The van der Waals surface area contributed by atoms with Crippen molar-refractivity contribution < 1.29 is 4.42 Å². The van der Waals surface area contributed by atoms with Crippen LogP contribution in [0.25, 0.3) is 22.3 Å². The molecule has 0 bridgehead atoms. The standard InChI is InChI=1S/C17H13NO/c1-11-7-8-16-15(9-11)12(2)17(19-16)14-6-4-3-5-13(14)10-18/h3-9H,1-2H3. The highest BCUT2D eigenvalue weighted by Gasteiger charge is 2.14. The molecule has 3 aromatic rings. The maximum atomic E-state index is 9.20. The van der Waals surface area contributed by atoms with Gasteiger partial charge in [0.25, 0.3) is 0 Å².